The maximum Gasteiger partial charge on any atom is 0.305 e. The van der Waals surface area contributed by atoms with Crippen LogP contribution in [0, 0.1) is 12.8 Å². The average Bonchev–Trinajstić information content (AvgIpc) is 3.07. The standard InChI is InChI=1S/C38H39N3O6/c1-26-17-19-30(20-18-26)25-39-37(46)33(24-34(42)43)41-38(47)35(44)32(23-29-15-9-4-10-16-29)40-36(45)31(21-27-11-5-2-6-12-27)22-28-13-7-3-8-14-28/h2-20,31-33H,21-25H2,1H3,(H,39,46)(H,40,45)(H,41,47)(H,42,43)/t32-,33-/m0/s1. The maximum atomic E-state index is 13.9. The Kier molecular flexibility index (Phi) is 12.6. The zero-order chi connectivity index (χ0) is 33.6. The van der Waals surface area contributed by atoms with E-state index in [4.69, 9.17) is 0 Å². The number of carboxylic acids is 1. The van der Waals surface area contributed by atoms with Crippen molar-refractivity contribution in [2.24, 2.45) is 5.92 Å². The predicted octanol–water partition coefficient (Wildman–Crippen LogP) is 3.97. The van der Waals surface area contributed by atoms with E-state index < -0.39 is 53.9 Å². The second-order valence-corrected chi connectivity index (χ2v) is 11.5. The molecular weight excluding hydrogens is 594 g/mol. The fourth-order valence-corrected chi connectivity index (χ4v) is 5.19. The van der Waals surface area contributed by atoms with E-state index in [2.05, 4.69) is 16.0 Å². The number of carbonyl (C=O) groups excluding carboxylic acids is 4. The largest absolute Gasteiger partial charge is 0.481 e. The first-order valence-corrected chi connectivity index (χ1v) is 15.5. The molecule has 3 amide bonds. The second kappa shape index (κ2) is 17.2. The molecule has 0 fully saturated rings. The van der Waals surface area contributed by atoms with Crippen LogP contribution in [0.2, 0.25) is 0 Å². The van der Waals surface area contributed by atoms with Crippen molar-refractivity contribution in [3.05, 3.63) is 143 Å². The number of carboxylic acid groups (broad SMARTS) is 1. The van der Waals surface area contributed by atoms with Crippen LogP contribution in [0.5, 0.6) is 0 Å². The number of nitrogens with one attached hydrogen (secondary N) is 3. The van der Waals surface area contributed by atoms with Crippen LogP contribution in [0.15, 0.2) is 115 Å². The van der Waals surface area contributed by atoms with Crippen molar-refractivity contribution >= 4 is 29.5 Å². The monoisotopic (exact) mass is 633 g/mol. The normalized spacial score (nSPS) is 12.0. The molecule has 242 valence electrons. The van der Waals surface area contributed by atoms with Gasteiger partial charge < -0.3 is 21.1 Å². The third-order valence-electron chi connectivity index (χ3n) is 7.75. The highest BCUT2D eigenvalue weighted by molar-refractivity contribution is 6.39. The van der Waals surface area contributed by atoms with Gasteiger partial charge in [-0.25, -0.2) is 0 Å². The van der Waals surface area contributed by atoms with Gasteiger partial charge in [0.15, 0.2) is 0 Å². The Morgan fingerprint density at radius 3 is 1.55 bits per heavy atom. The van der Waals surface area contributed by atoms with Crippen molar-refractivity contribution in [2.45, 2.75) is 51.2 Å². The number of Topliss-reactive ketones (excluding diaryl/α,β-unsaturated/α-hetero) is 1. The smallest absolute Gasteiger partial charge is 0.305 e. The van der Waals surface area contributed by atoms with E-state index in [1.54, 1.807) is 24.3 Å². The molecule has 47 heavy (non-hydrogen) atoms. The van der Waals surface area contributed by atoms with Crippen LogP contribution in [0.4, 0.5) is 0 Å². The lowest BCUT2D eigenvalue weighted by atomic mass is 9.91. The van der Waals surface area contributed by atoms with E-state index in [9.17, 15) is 29.1 Å². The van der Waals surface area contributed by atoms with Gasteiger partial charge in [0.05, 0.1) is 6.42 Å². The molecule has 2 atom stereocenters. The van der Waals surface area contributed by atoms with Crippen molar-refractivity contribution in [2.75, 3.05) is 0 Å². The van der Waals surface area contributed by atoms with Crippen molar-refractivity contribution in [3.8, 4) is 0 Å². The molecule has 0 saturated carbocycles. The number of hydrogen-bond donors (Lipinski definition) is 4. The minimum absolute atomic E-state index is 0.0193. The summed E-state index contributed by atoms with van der Waals surface area (Å²) in [5.74, 6) is -5.18. The molecule has 0 aliphatic heterocycles. The molecule has 4 N–H and O–H groups in total. The Morgan fingerprint density at radius 1 is 0.574 bits per heavy atom. The molecule has 0 aromatic heterocycles. The summed E-state index contributed by atoms with van der Waals surface area (Å²) < 4.78 is 0. The first-order valence-electron chi connectivity index (χ1n) is 15.5. The minimum Gasteiger partial charge on any atom is -0.481 e. The molecule has 0 aliphatic rings. The number of carbonyl (C=O) groups is 5. The lowest BCUT2D eigenvalue weighted by molar-refractivity contribution is -0.144. The van der Waals surface area contributed by atoms with Gasteiger partial charge in [-0.15, -0.1) is 0 Å². The quantitative estimate of drug-likeness (QED) is 0.138. The summed E-state index contributed by atoms with van der Waals surface area (Å²) in [6.45, 7) is 2.04. The first-order chi connectivity index (χ1) is 22.7. The van der Waals surface area contributed by atoms with Crippen molar-refractivity contribution in [1.82, 2.24) is 16.0 Å². The number of hydrogen-bond acceptors (Lipinski definition) is 5. The number of benzene rings is 4. The van der Waals surface area contributed by atoms with Gasteiger partial charge in [-0.05, 0) is 42.0 Å². The molecule has 4 aromatic rings. The van der Waals surface area contributed by atoms with Gasteiger partial charge in [-0.1, -0.05) is 121 Å². The number of aliphatic carboxylic acids is 1. The third-order valence-corrected chi connectivity index (χ3v) is 7.75. The fraction of sp³-hybridized carbons (Fsp3) is 0.237. The van der Waals surface area contributed by atoms with E-state index in [-0.39, 0.29) is 13.0 Å². The highest BCUT2D eigenvalue weighted by Gasteiger charge is 2.33. The van der Waals surface area contributed by atoms with E-state index in [0.29, 0.717) is 18.4 Å². The Labute approximate surface area is 274 Å². The van der Waals surface area contributed by atoms with Gasteiger partial charge in [0.1, 0.15) is 12.1 Å². The summed E-state index contributed by atoms with van der Waals surface area (Å²) in [4.78, 5) is 65.4. The first kappa shape index (κ1) is 34.3. The second-order valence-electron chi connectivity index (χ2n) is 11.5. The van der Waals surface area contributed by atoms with Crippen LogP contribution in [0.25, 0.3) is 0 Å². The van der Waals surface area contributed by atoms with Crippen molar-refractivity contribution < 1.29 is 29.1 Å². The number of ketones is 1. The summed E-state index contributed by atoms with van der Waals surface area (Å²) >= 11 is 0. The summed E-state index contributed by atoms with van der Waals surface area (Å²) in [7, 11) is 0. The van der Waals surface area contributed by atoms with E-state index in [1.165, 1.54) is 0 Å². The van der Waals surface area contributed by atoms with Crippen LogP contribution >= 0.6 is 0 Å². The van der Waals surface area contributed by atoms with Crippen LogP contribution in [-0.4, -0.2) is 46.7 Å². The molecule has 0 radical (unpaired) electrons. The molecule has 4 rings (SSSR count). The Balaban J connectivity index is 1.52. The molecule has 0 aliphatic carbocycles. The third kappa shape index (κ3) is 11.1. The van der Waals surface area contributed by atoms with E-state index in [1.807, 2.05) is 97.9 Å². The van der Waals surface area contributed by atoms with E-state index in [0.717, 1.165) is 22.3 Å². The molecule has 0 heterocycles. The lowest BCUT2D eigenvalue weighted by Gasteiger charge is -2.23. The molecule has 9 heteroatoms. The van der Waals surface area contributed by atoms with Crippen molar-refractivity contribution in [3.63, 3.8) is 0 Å². The number of rotatable bonds is 16. The SMILES string of the molecule is Cc1ccc(CNC(=O)[C@H](CC(=O)O)NC(=O)C(=O)[C@H](Cc2ccccc2)NC(=O)C(Cc2ccccc2)Cc2ccccc2)cc1. The Morgan fingerprint density at radius 2 is 1.06 bits per heavy atom. The number of amides is 3. The van der Waals surface area contributed by atoms with Gasteiger partial charge in [-0.2, -0.15) is 0 Å². The summed E-state index contributed by atoms with van der Waals surface area (Å²) in [6.07, 6.45) is 0.0971. The van der Waals surface area contributed by atoms with Gasteiger partial charge >= 0.3 is 5.97 Å². The molecule has 9 nitrogen and oxygen atoms in total. The van der Waals surface area contributed by atoms with Crippen LogP contribution < -0.4 is 16.0 Å². The minimum atomic E-state index is -1.51. The predicted molar refractivity (Wildman–Crippen MR) is 178 cm³/mol. The van der Waals surface area contributed by atoms with Crippen LogP contribution in [0.3, 0.4) is 0 Å². The van der Waals surface area contributed by atoms with E-state index >= 15 is 0 Å². The molecule has 0 bridgehead atoms. The molecule has 0 spiro atoms. The lowest BCUT2D eigenvalue weighted by Crippen LogP contribution is -2.55. The maximum absolute atomic E-state index is 13.9. The van der Waals surface area contributed by atoms with Gasteiger partial charge in [0.2, 0.25) is 17.6 Å². The fourth-order valence-electron chi connectivity index (χ4n) is 5.19. The topological polar surface area (TPSA) is 142 Å². The molecule has 4 aromatic carbocycles. The zero-order valence-corrected chi connectivity index (χ0v) is 26.2. The van der Waals surface area contributed by atoms with Crippen LogP contribution in [-0.2, 0) is 49.8 Å². The Hall–Kier alpha value is -5.57. The highest BCUT2D eigenvalue weighted by atomic mass is 16.4. The van der Waals surface area contributed by atoms with Gasteiger partial charge in [-0.3, -0.25) is 24.0 Å². The average molecular weight is 634 g/mol. The highest BCUT2D eigenvalue weighted by Crippen LogP contribution is 2.17. The summed E-state index contributed by atoms with van der Waals surface area (Å²) in [5.41, 5.74) is 4.42. The van der Waals surface area contributed by atoms with Crippen LogP contribution in [0.1, 0.15) is 34.2 Å². The number of aryl methyl sites for hydroxylation is 1. The van der Waals surface area contributed by atoms with Crippen molar-refractivity contribution in [1.29, 1.82) is 0 Å². The molecule has 0 unspecified atom stereocenters. The Bertz CT molecular complexity index is 1600. The summed E-state index contributed by atoms with van der Waals surface area (Å²) in [6, 6.07) is 32.6. The molecule has 0 saturated heterocycles. The zero-order valence-electron chi connectivity index (χ0n) is 26.2. The van der Waals surface area contributed by atoms with Gasteiger partial charge in [0, 0.05) is 18.9 Å². The van der Waals surface area contributed by atoms with Gasteiger partial charge in [0.25, 0.3) is 5.91 Å². The summed E-state index contributed by atoms with van der Waals surface area (Å²) in [5, 5.41) is 17.2. The molecular formula is C38H39N3O6.